The molecule has 2 fully saturated rings. The quantitative estimate of drug-likeness (QED) is 0.833. The second-order valence-electron chi connectivity index (χ2n) is 6.17. The van der Waals surface area contributed by atoms with Crippen LogP contribution in [0.4, 0.5) is 0 Å². The van der Waals surface area contributed by atoms with Gasteiger partial charge in [0.25, 0.3) is 0 Å². The lowest BCUT2D eigenvalue weighted by molar-refractivity contribution is -0.0612. The van der Waals surface area contributed by atoms with Gasteiger partial charge in [-0.2, -0.15) is 0 Å². The Morgan fingerprint density at radius 1 is 1.36 bits per heavy atom. The summed E-state index contributed by atoms with van der Waals surface area (Å²) in [5, 5.41) is 0. The Morgan fingerprint density at radius 2 is 2.27 bits per heavy atom. The first-order valence-corrected chi connectivity index (χ1v) is 8.15. The molecule has 5 heteroatoms. The lowest BCUT2D eigenvalue weighted by Crippen LogP contribution is -2.51. The molecule has 0 N–H and O–H groups in total. The molecule has 2 aliphatic rings. The van der Waals surface area contributed by atoms with Crippen LogP contribution in [0.25, 0.3) is 0 Å². The second kappa shape index (κ2) is 7.40. The fourth-order valence-corrected chi connectivity index (χ4v) is 3.81. The van der Waals surface area contributed by atoms with E-state index in [2.05, 4.69) is 9.88 Å². The highest BCUT2D eigenvalue weighted by atomic mass is 16.5. The van der Waals surface area contributed by atoms with Crippen LogP contribution in [0, 0.1) is 5.92 Å². The van der Waals surface area contributed by atoms with E-state index in [0.717, 1.165) is 37.7 Å². The van der Waals surface area contributed by atoms with E-state index < -0.39 is 0 Å². The SMILES string of the molecule is COc1ccnc(CN2CCOC[C@@H]2[C@@H]2CCC[C@H]2OC)c1. The van der Waals surface area contributed by atoms with Crippen LogP contribution in [0.5, 0.6) is 5.75 Å². The molecule has 3 atom stereocenters. The molecule has 122 valence electrons. The van der Waals surface area contributed by atoms with Gasteiger partial charge in [0.2, 0.25) is 0 Å². The predicted octanol–water partition coefficient (Wildman–Crippen LogP) is 2.11. The maximum absolute atomic E-state index is 5.76. The molecule has 1 aliphatic heterocycles. The number of morpholine rings is 1. The maximum atomic E-state index is 5.76. The van der Waals surface area contributed by atoms with Crippen LogP contribution in [0.15, 0.2) is 18.3 Å². The Bertz CT molecular complexity index is 483. The van der Waals surface area contributed by atoms with Crippen molar-refractivity contribution in [2.24, 2.45) is 5.92 Å². The number of methoxy groups -OCH3 is 2. The molecule has 0 aromatic carbocycles. The number of rotatable bonds is 5. The summed E-state index contributed by atoms with van der Waals surface area (Å²) in [6.07, 6.45) is 5.84. The van der Waals surface area contributed by atoms with E-state index in [0.29, 0.717) is 18.1 Å². The molecule has 5 nitrogen and oxygen atoms in total. The van der Waals surface area contributed by atoms with Gasteiger partial charge in [0.1, 0.15) is 5.75 Å². The van der Waals surface area contributed by atoms with Gasteiger partial charge in [-0.15, -0.1) is 0 Å². The number of hydrogen-bond acceptors (Lipinski definition) is 5. The van der Waals surface area contributed by atoms with Crippen molar-refractivity contribution in [1.82, 2.24) is 9.88 Å². The predicted molar refractivity (Wildman–Crippen MR) is 83.9 cm³/mol. The molecule has 3 rings (SSSR count). The fraction of sp³-hybridized carbons (Fsp3) is 0.706. The Labute approximate surface area is 132 Å². The highest BCUT2D eigenvalue weighted by molar-refractivity contribution is 5.22. The van der Waals surface area contributed by atoms with Crippen molar-refractivity contribution >= 4 is 0 Å². The third-order valence-corrected chi connectivity index (χ3v) is 4.97. The highest BCUT2D eigenvalue weighted by Crippen LogP contribution is 2.34. The Balaban J connectivity index is 1.72. The molecule has 2 heterocycles. The number of hydrogen-bond donors (Lipinski definition) is 0. The minimum atomic E-state index is 0.368. The highest BCUT2D eigenvalue weighted by Gasteiger charge is 2.38. The lowest BCUT2D eigenvalue weighted by Gasteiger charge is -2.40. The summed E-state index contributed by atoms with van der Waals surface area (Å²) in [6, 6.07) is 4.34. The Kier molecular flexibility index (Phi) is 5.28. The average molecular weight is 306 g/mol. The summed E-state index contributed by atoms with van der Waals surface area (Å²) in [7, 11) is 3.53. The Morgan fingerprint density at radius 3 is 3.09 bits per heavy atom. The van der Waals surface area contributed by atoms with Crippen molar-refractivity contribution in [3.8, 4) is 5.75 Å². The van der Waals surface area contributed by atoms with Crippen molar-refractivity contribution in [3.05, 3.63) is 24.0 Å². The molecule has 0 unspecified atom stereocenters. The minimum Gasteiger partial charge on any atom is -0.497 e. The van der Waals surface area contributed by atoms with Crippen LogP contribution in [-0.2, 0) is 16.0 Å². The van der Waals surface area contributed by atoms with E-state index >= 15 is 0 Å². The average Bonchev–Trinajstić information content (AvgIpc) is 3.04. The summed E-state index contributed by atoms with van der Waals surface area (Å²) in [5.74, 6) is 1.43. The van der Waals surface area contributed by atoms with Crippen molar-refractivity contribution in [3.63, 3.8) is 0 Å². The molecule has 0 amide bonds. The van der Waals surface area contributed by atoms with Gasteiger partial charge in [0.15, 0.2) is 0 Å². The summed E-state index contributed by atoms with van der Waals surface area (Å²) in [6.45, 7) is 3.40. The van der Waals surface area contributed by atoms with Crippen LogP contribution in [0.3, 0.4) is 0 Å². The van der Waals surface area contributed by atoms with E-state index in [1.807, 2.05) is 25.4 Å². The molecule has 1 aromatic rings. The zero-order chi connectivity index (χ0) is 15.4. The largest absolute Gasteiger partial charge is 0.497 e. The molecular formula is C17H26N2O3. The van der Waals surface area contributed by atoms with Crippen molar-refractivity contribution in [1.29, 1.82) is 0 Å². The second-order valence-corrected chi connectivity index (χ2v) is 6.17. The monoisotopic (exact) mass is 306 g/mol. The van der Waals surface area contributed by atoms with Crippen LogP contribution in [0.1, 0.15) is 25.0 Å². The normalized spacial score (nSPS) is 29.6. The molecule has 1 saturated heterocycles. The first-order valence-electron chi connectivity index (χ1n) is 8.15. The van der Waals surface area contributed by atoms with E-state index in [1.165, 1.54) is 19.3 Å². The zero-order valence-corrected chi connectivity index (χ0v) is 13.5. The minimum absolute atomic E-state index is 0.368. The van der Waals surface area contributed by atoms with Crippen LogP contribution in [0.2, 0.25) is 0 Å². The number of aromatic nitrogens is 1. The third-order valence-electron chi connectivity index (χ3n) is 4.97. The maximum Gasteiger partial charge on any atom is 0.122 e. The fourth-order valence-electron chi connectivity index (χ4n) is 3.81. The topological polar surface area (TPSA) is 43.8 Å². The first-order chi connectivity index (χ1) is 10.8. The van der Waals surface area contributed by atoms with Gasteiger partial charge in [-0.25, -0.2) is 0 Å². The van der Waals surface area contributed by atoms with E-state index in [9.17, 15) is 0 Å². The molecule has 0 spiro atoms. The van der Waals surface area contributed by atoms with Gasteiger partial charge in [0, 0.05) is 44.4 Å². The summed E-state index contributed by atoms with van der Waals surface area (Å²) < 4.78 is 16.8. The molecule has 0 bridgehead atoms. The first kappa shape index (κ1) is 15.7. The summed E-state index contributed by atoms with van der Waals surface area (Å²) in [5.41, 5.74) is 1.05. The van der Waals surface area contributed by atoms with E-state index in [-0.39, 0.29) is 0 Å². The smallest absolute Gasteiger partial charge is 0.122 e. The van der Waals surface area contributed by atoms with Crippen LogP contribution >= 0.6 is 0 Å². The number of pyridine rings is 1. The molecule has 1 aromatic heterocycles. The van der Waals surface area contributed by atoms with Gasteiger partial charge in [-0.1, -0.05) is 6.42 Å². The third kappa shape index (κ3) is 3.42. The summed E-state index contributed by atoms with van der Waals surface area (Å²) in [4.78, 5) is 7.00. The van der Waals surface area contributed by atoms with Crippen LogP contribution < -0.4 is 4.74 Å². The van der Waals surface area contributed by atoms with Crippen molar-refractivity contribution in [2.45, 2.75) is 38.0 Å². The standard InChI is InChI=1S/C17H26N2O3/c1-20-14-6-7-18-13(10-14)11-19-8-9-22-12-16(19)15-4-3-5-17(15)21-2/h6-7,10,15-17H,3-5,8-9,11-12H2,1-2H3/t15-,16+,17+/m0/s1. The lowest BCUT2D eigenvalue weighted by atomic mass is 9.94. The van der Waals surface area contributed by atoms with E-state index in [1.54, 1.807) is 7.11 Å². The molecule has 22 heavy (non-hydrogen) atoms. The molecule has 1 saturated carbocycles. The molecule has 0 radical (unpaired) electrons. The summed E-state index contributed by atoms with van der Waals surface area (Å²) >= 11 is 0. The number of nitrogens with zero attached hydrogens (tertiary/aromatic N) is 2. The van der Waals surface area contributed by atoms with Gasteiger partial charge in [-0.05, 0) is 18.9 Å². The number of ether oxygens (including phenoxy) is 3. The van der Waals surface area contributed by atoms with Crippen molar-refractivity contribution < 1.29 is 14.2 Å². The Hall–Kier alpha value is -1.17. The molecule has 1 aliphatic carbocycles. The van der Waals surface area contributed by atoms with Crippen molar-refractivity contribution in [2.75, 3.05) is 34.0 Å². The molecular weight excluding hydrogens is 280 g/mol. The zero-order valence-electron chi connectivity index (χ0n) is 13.5. The van der Waals surface area contributed by atoms with Crippen LogP contribution in [-0.4, -0.2) is 56.0 Å². The van der Waals surface area contributed by atoms with Gasteiger partial charge in [0.05, 0.1) is 32.1 Å². The van der Waals surface area contributed by atoms with Gasteiger partial charge >= 0.3 is 0 Å². The van der Waals surface area contributed by atoms with E-state index in [4.69, 9.17) is 14.2 Å². The van der Waals surface area contributed by atoms with Gasteiger partial charge in [-0.3, -0.25) is 9.88 Å². The van der Waals surface area contributed by atoms with Gasteiger partial charge < -0.3 is 14.2 Å².